The van der Waals surface area contributed by atoms with Gasteiger partial charge in [0.25, 0.3) is 0 Å². The molecule has 2 aromatic carbocycles. The van der Waals surface area contributed by atoms with Gasteiger partial charge in [-0.1, -0.05) is 30.3 Å². The second-order valence-electron chi connectivity index (χ2n) is 6.08. The second-order valence-corrected chi connectivity index (χ2v) is 8.22. The quantitative estimate of drug-likeness (QED) is 0.526. The fraction of sp³-hybridized carbons (Fsp3) is 0.316. The first-order chi connectivity index (χ1) is 12.8. The summed E-state index contributed by atoms with van der Waals surface area (Å²) in [6, 6.07) is 12.9. The summed E-state index contributed by atoms with van der Waals surface area (Å²) in [5, 5.41) is 3.02. The van der Waals surface area contributed by atoms with E-state index >= 15 is 0 Å². The molecule has 0 heterocycles. The molecule has 0 aliphatic carbocycles. The summed E-state index contributed by atoms with van der Waals surface area (Å²) < 4.78 is 33.6. The van der Waals surface area contributed by atoms with Gasteiger partial charge in [0.05, 0.1) is 26.5 Å². The number of methoxy groups -OCH3 is 2. The lowest BCUT2D eigenvalue weighted by Crippen LogP contribution is -2.31. The lowest BCUT2D eigenvalue weighted by atomic mass is 10.1. The first-order valence-corrected chi connectivity index (χ1v) is 10.4. The minimum absolute atomic E-state index is 0.00640. The maximum absolute atomic E-state index is 11.6. The van der Waals surface area contributed by atoms with Crippen molar-refractivity contribution in [1.29, 1.82) is 0 Å². The van der Waals surface area contributed by atoms with Gasteiger partial charge in [-0.15, -0.1) is 0 Å². The number of guanidine groups is 1. The number of hydrogen-bond acceptors (Lipinski definition) is 5. The number of hydrogen-bond donors (Lipinski definition) is 2. The van der Waals surface area contributed by atoms with Crippen LogP contribution in [0.1, 0.15) is 16.7 Å². The SMILES string of the molecule is COc1ccc(CN=C(N)NCc2ccccc2CS(C)(=O)=O)cc1OC. The fourth-order valence-corrected chi connectivity index (χ4v) is 3.40. The third-order valence-electron chi connectivity index (χ3n) is 3.88. The second kappa shape index (κ2) is 9.27. The minimum atomic E-state index is -3.11. The maximum atomic E-state index is 11.6. The van der Waals surface area contributed by atoms with E-state index in [0.29, 0.717) is 24.6 Å². The van der Waals surface area contributed by atoms with Crippen molar-refractivity contribution in [3.8, 4) is 11.5 Å². The molecule has 146 valence electrons. The Kier molecular flexibility index (Phi) is 7.06. The zero-order chi connectivity index (χ0) is 19.9. The molecule has 0 aliphatic rings. The Balaban J connectivity index is 2.01. The Morgan fingerprint density at radius 1 is 1.07 bits per heavy atom. The van der Waals surface area contributed by atoms with Crippen LogP contribution in [0.15, 0.2) is 47.5 Å². The van der Waals surface area contributed by atoms with Gasteiger partial charge in [-0.25, -0.2) is 13.4 Å². The Hall–Kier alpha value is -2.74. The standard InChI is InChI=1S/C19H25N3O4S/c1-25-17-9-8-14(10-18(17)26-2)11-21-19(20)22-12-15-6-4-5-7-16(15)13-27(3,23)24/h4-10H,11-13H2,1-3H3,(H3,20,21,22). The monoisotopic (exact) mass is 391 g/mol. The predicted molar refractivity (Wildman–Crippen MR) is 107 cm³/mol. The van der Waals surface area contributed by atoms with E-state index < -0.39 is 9.84 Å². The molecule has 0 bridgehead atoms. The van der Waals surface area contributed by atoms with Gasteiger partial charge in [0.15, 0.2) is 27.3 Å². The number of ether oxygens (including phenoxy) is 2. The maximum Gasteiger partial charge on any atom is 0.189 e. The highest BCUT2D eigenvalue weighted by Gasteiger charge is 2.09. The number of sulfone groups is 1. The molecule has 0 aliphatic heterocycles. The molecule has 0 amide bonds. The Morgan fingerprint density at radius 2 is 1.74 bits per heavy atom. The van der Waals surface area contributed by atoms with E-state index in [1.54, 1.807) is 20.3 Å². The topological polar surface area (TPSA) is 103 Å². The molecule has 0 aromatic heterocycles. The minimum Gasteiger partial charge on any atom is -0.493 e. The largest absolute Gasteiger partial charge is 0.493 e. The van der Waals surface area contributed by atoms with Crippen LogP contribution < -0.4 is 20.5 Å². The third kappa shape index (κ3) is 6.49. The van der Waals surface area contributed by atoms with E-state index in [-0.39, 0.29) is 11.7 Å². The van der Waals surface area contributed by atoms with E-state index in [4.69, 9.17) is 15.2 Å². The third-order valence-corrected chi connectivity index (χ3v) is 4.71. The van der Waals surface area contributed by atoms with Crippen LogP contribution in [0.4, 0.5) is 0 Å². The number of rotatable bonds is 8. The fourth-order valence-electron chi connectivity index (χ4n) is 2.55. The Bertz CT molecular complexity index is 911. The average molecular weight is 391 g/mol. The van der Waals surface area contributed by atoms with Crippen LogP contribution in [0, 0.1) is 0 Å². The van der Waals surface area contributed by atoms with Crippen LogP contribution in [0.3, 0.4) is 0 Å². The molecule has 27 heavy (non-hydrogen) atoms. The highest BCUT2D eigenvalue weighted by molar-refractivity contribution is 7.89. The zero-order valence-electron chi connectivity index (χ0n) is 15.7. The Labute approximate surface area is 160 Å². The number of nitrogens with one attached hydrogen (secondary N) is 1. The van der Waals surface area contributed by atoms with Gasteiger partial charge in [0, 0.05) is 12.8 Å². The van der Waals surface area contributed by atoms with E-state index in [2.05, 4.69) is 10.3 Å². The van der Waals surface area contributed by atoms with Gasteiger partial charge in [-0.05, 0) is 28.8 Å². The van der Waals surface area contributed by atoms with Crippen LogP contribution in [-0.4, -0.2) is 34.9 Å². The van der Waals surface area contributed by atoms with Gasteiger partial charge in [0.2, 0.25) is 0 Å². The van der Waals surface area contributed by atoms with Crippen molar-refractivity contribution in [2.24, 2.45) is 10.7 Å². The van der Waals surface area contributed by atoms with Crippen LogP contribution >= 0.6 is 0 Å². The van der Waals surface area contributed by atoms with Crippen molar-refractivity contribution >= 4 is 15.8 Å². The highest BCUT2D eigenvalue weighted by Crippen LogP contribution is 2.27. The number of aliphatic imine (C=N–C) groups is 1. The van der Waals surface area contributed by atoms with Gasteiger partial charge in [-0.3, -0.25) is 0 Å². The average Bonchev–Trinajstić information content (AvgIpc) is 2.64. The summed E-state index contributed by atoms with van der Waals surface area (Å²) in [5.41, 5.74) is 8.48. The normalized spacial score (nSPS) is 11.9. The summed E-state index contributed by atoms with van der Waals surface area (Å²) in [7, 11) is 0.0524. The molecule has 7 nitrogen and oxygen atoms in total. The summed E-state index contributed by atoms with van der Waals surface area (Å²) in [6.07, 6.45) is 1.22. The molecular formula is C19H25N3O4S. The summed E-state index contributed by atoms with van der Waals surface area (Å²) in [5.74, 6) is 1.55. The molecule has 3 N–H and O–H groups in total. The molecular weight excluding hydrogens is 366 g/mol. The van der Waals surface area contributed by atoms with Crippen LogP contribution in [0.5, 0.6) is 11.5 Å². The molecule has 2 rings (SSSR count). The van der Waals surface area contributed by atoms with Crippen LogP contribution in [-0.2, 0) is 28.7 Å². The number of nitrogens with zero attached hydrogens (tertiary/aromatic N) is 1. The molecule has 0 radical (unpaired) electrons. The number of benzene rings is 2. The lowest BCUT2D eigenvalue weighted by molar-refractivity contribution is 0.354. The van der Waals surface area contributed by atoms with Gasteiger partial charge in [-0.2, -0.15) is 0 Å². The number of nitrogens with two attached hydrogens (primary N) is 1. The van der Waals surface area contributed by atoms with E-state index in [1.165, 1.54) is 6.26 Å². The molecule has 8 heteroatoms. The summed E-state index contributed by atoms with van der Waals surface area (Å²) in [4.78, 5) is 4.31. The van der Waals surface area contributed by atoms with Crippen molar-refractivity contribution in [3.63, 3.8) is 0 Å². The van der Waals surface area contributed by atoms with Crippen molar-refractivity contribution in [2.45, 2.75) is 18.8 Å². The van der Waals surface area contributed by atoms with Crippen LogP contribution in [0.2, 0.25) is 0 Å². The molecule has 0 spiro atoms. The first-order valence-electron chi connectivity index (χ1n) is 8.31. The summed E-state index contributed by atoms with van der Waals surface area (Å²) in [6.45, 7) is 0.775. The van der Waals surface area contributed by atoms with E-state index in [1.807, 2.05) is 36.4 Å². The molecule has 0 saturated carbocycles. The zero-order valence-corrected chi connectivity index (χ0v) is 16.5. The first kappa shape index (κ1) is 20.6. The Morgan fingerprint density at radius 3 is 2.37 bits per heavy atom. The van der Waals surface area contributed by atoms with E-state index in [9.17, 15) is 8.42 Å². The van der Waals surface area contributed by atoms with Crippen molar-refractivity contribution in [2.75, 3.05) is 20.5 Å². The molecule has 0 atom stereocenters. The molecule has 0 saturated heterocycles. The molecule has 2 aromatic rings. The molecule has 0 unspecified atom stereocenters. The van der Waals surface area contributed by atoms with E-state index in [0.717, 1.165) is 16.7 Å². The van der Waals surface area contributed by atoms with Gasteiger partial charge < -0.3 is 20.5 Å². The van der Waals surface area contributed by atoms with Crippen molar-refractivity contribution in [3.05, 3.63) is 59.2 Å². The van der Waals surface area contributed by atoms with Crippen LogP contribution in [0.25, 0.3) is 0 Å². The highest BCUT2D eigenvalue weighted by atomic mass is 32.2. The van der Waals surface area contributed by atoms with Crippen molar-refractivity contribution < 1.29 is 17.9 Å². The predicted octanol–water partition coefficient (Wildman–Crippen LogP) is 1.85. The van der Waals surface area contributed by atoms with Crippen molar-refractivity contribution in [1.82, 2.24) is 5.32 Å². The van der Waals surface area contributed by atoms with Gasteiger partial charge >= 0.3 is 0 Å². The smallest absolute Gasteiger partial charge is 0.189 e. The summed E-state index contributed by atoms with van der Waals surface area (Å²) >= 11 is 0. The lowest BCUT2D eigenvalue weighted by Gasteiger charge is -2.11. The molecule has 0 fully saturated rings. The van der Waals surface area contributed by atoms with Gasteiger partial charge in [0.1, 0.15) is 0 Å².